The van der Waals surface area contributed by atoms with Gasteiger partial charge in [-0.05, 0) is 0 Å². The van der Waals surface area contributed by atoms with E-state index in [0.29, 0.717) is 10.6 Å². The molecule has 33 heavy (non-hydrogen) atoms. The molecule has 0 radical (unpaired) electrons. The molecule has 9 atom stereocenters. The Morgan fingerprint density at radius 3 is 1.67 bits per heavy atom. The van der Waals surface area contributed by atoms with E-state index >= 15 is 0 Å². The van der Waals surface area contributed by atoms with Crippen molar-refractivity contribution in [3.63, 3.8) is 0 Å². The van der Waals surface area contributed by atoms with Crippen molar-refractivity contribution >= 4 is 26.6 Å². The Labute approximate surface area is 196 Å². The van der Waals surface area contributed by atoms with Crippen LogP contribution in [0, 0.1) is 17.3 Å². The minimum absolute atomic E-state index is 0.524. The molecule has 12 fully saturated rings. The molecule has 2 N–H and O–H groups in total. The fraction of sp³-hybridized carbons (Fsp3) is 1.00. The molecular formula is C27H46FeN2P2Si. The number of nitrogens with one attached hydrogen (secondary N) is 2. The maximum absolute atomic E-state index is 3.99. The van der Waals surface area contributed by atoms with Gasteiger partial charge in [0.1, 0.15) is 0 Å². The predicted octanol–water partition coefficient (Wildman–Crippen LogP) is 6.49. The average Bonchev–Trinajstić information content (AvgIpc) is 3.54. The van der Waals surface area contributed by atoms with Crippen LogP contribution in [0.3, 0.4) is 0 Å². The first-order valence-corrected chi connectivity index (χ1v) is 25.3. The predicted molar refractivity (Wildman–Crippen MR) is 145 cm³/mol. The first kappa shape index (κ1) is 18.7. The van der Waals surface area contributed by atoms with Crippen molar-refractivity contribution in [3.05, 3.63) is 0 Å². The standard InChI is InChI=1S/C22H41N2P2Si.C5H5.Fe/c1-21(2,3)20-18(27(4,5)6)11-15(14-25)19(20)22(26,16-7-9-23-12-16)17-8-10-24-13-17;1-2-4-5-3-1;/h11,16-17,23-24H,7-10,12-14,25-26H2,1-6H3;1-5H;. The van der Waals surface area contributed by atoms with E-state index in [2.05, 4.69) is 69.5 Å². The molecule has 0 aromatic heterocycles. The summed E-state index contributed by atoms with van der Waals surface area (Å²) in [6.45, 7) is 18.4. The fourth-order valence-corrected chi connectivity index (χ4v) is 146. The van der Waals surface area contributed by atoms with E-state index in [4.69, 9.17) is 0 Å². The topological polar surface area (TPSA) is 24.1 Å². The molecule has 12 rings (SSSR count). The Morgan fingerprint density at radius 1 is 0.879 bits per heavy atom. The van der Waals surface area contributed by atoms with Crippen molar-refractivity contribution < 1.29 is 6.51 Å². The van der Waals surface area contributed by atoms with E-state index in [9.17, 15) is 0 Å². The van der Waals surface area contributed by atoms with Crippen LogP contribution in [0.5, 0.6) is 0 Å². The van der Waals surface area contributed by atoms with Gasteiger partial charge < -0.3 is 0 Å². The monoisotopic (exact) mass is 544 g/mol. The summed E-state index contributed by atoms with van der Waals surface area (Å²) in [7, 11) is 6.13. The Bertz CT molecular complexity index is 1510. The molecule has 1 spiro atoms. The molecule has 0 aromatic rings. The van der Waals surface area contributed by atoms with Gasteiger partial charge in [-0.1, -0.05) is 0 Å². The van der Waals surface area contributed by atoms with Crippen LogP contribution in [-0.4, -0.2) is 45.6 Å². The first-order valence-electron chi connectivity index (χ1n) is 14.4. The van der Waals surface area contributed by atoms with Gasteiger partial charge in [0.25, 0.3) is 0 Å². The molecule has 0 bridgehead atoms. The van der Waals surface area contributed by atoms with Crippen molar-refractivity contribution in [2.24, 2.45) is 17.3 Å². The summed E-state index contributed by atoms with van der Waals surface area (Å²) in [6, 6.07) is 0. The van der Waals surface area contributed by atoms with E-state index < -0.39 is 14.6 Å². The van der Waals surface area contributed by atoms with E-state index in [1.54, 1.807) is 0 Å². The summed E-state index contributed by atoms with van der Waals surface area (Å²) in [5, 5.41) is 8.36. The van der Waals surface area contributed by atoms with Gasteiger partial charge in [0, 0.05) is 0 Å². The SMILES string of the molecule is CC(C)(C)[C]12[C]3(C(P)(C4CCNC4)C4CCNC4)[C]4(CP)[CH]5[C]1([Si](C)(C)C)[Fe]54321678[CH]2[CH]1[CH]6[CH]7[CH]28. The van der Waals surface area contributed by atoms with Crippen LogP contribution in [0.4, 0.5) is 0 Å². The third-order valence-electron chi connectivity index (χ3n) is 22.0. The molecule has 0 amide bonds. The summed E-state index contributed by atoms with van der Waals surface area (Å²) in [6.07, 6.45) is 4.45. The number of hydrogen-bond donors (Lipinski definition) is 2. The first-order chi connectivity index (χ1) is 15.2. The second-order valence-electron chi connectivity index (χ2n) is 19.1. The molecule has 0 aromatic carbocycles. The van der Waals surface area contributed by atoms with Gasteiger partial charge in [0.05, 0.1) is 0 Å². The fourth-order valence-electron chi connectivity index (χ4n) is 27.2. The van der Waals surface area contributed by atoms with Crippen molar-refractivity contribution in [1.29, 1.82) is 0 Å². The maximum atomic E-state index is 3.92. The summed E-state index contributed by atoms with van der Waals surface area (Å²) >= 11 is 0. The van der Waals surface area contributed by atoms with Crippen LogP contribution in [0.2, 0.25) is 65.4 Å². The Balaban J connectivity index is 1.33. The van der Waals surface area contributed by atoms with E-state index in [1.165, 1.54) is 74.1 Å². The zero-order chi connectivity index (χ0) is 22.8. The number of hydrogen-bond acceptors (Lipinski definition) is 2. The minimum atomic E-state index is -3.99. The summed E-state index contributed by atoms with van der Waals surface area (Å²) in [5.74, 6) is 1.83. The zero-order valence-corrected chi connectivity index (χ0v) is 26.0. The molecule has 12 saturated heterocycles. The molecule has 9 unspecified atom stereocenters. The van der Waals surface area contributed by atoms with Crippen molar-refractivity contribution in [2.75, 3.05) is 32.3 Å². The van der Waals surface area contributed by atoms with E-state index in [1.807, 2.05) is 0 Å². The van der Waals surface area contributed by atoms with Crippen LogP contribution < -0.4 is 10.6 Å². The molecule has 12 aliphatic rings. The Hall–Kier alpha value is 1.52. The molecule has 0 saturated carbocycles. The molecule has 0 aliphatic carbocycles. The summed E-state index contributed by atoms with van der Waals surface area (Å²) < 4.78 is 3.52. The number of fused-ring (bicyclic) bond motifs is 10. The molecule has 2 nitrogen and oxygen atoms in total. The third kappa shape index (κ3) is 0.341. The summed E-state index contributed by atoms with van der Waals surface area (Å²) in [4.78, 5) is 8.11. The van der Waals surface area contributed by atoms with Crippen LogP contribution in [0.15, 0.2) is 0 Å². The van der Waals surface area contributed by atoms with Gasteiger partial charge in [0.15, 0.2) is 0 Å². The molecule has 12 aliphatic heterocycles. The van der Waals surface area contributed by atoms with Gasteiger partial charge in [-0.25, -0.2) is 0 Å². The van der Waals surface area contributed by atoms with E-state index in [-0.39, 0.29) is 0 Å². The van der Waals surface area contributed by atoms with Crippen LogP contribution in [0.25, 0.3) is 0 Å². The van der Waals surface area contributed by atoms with Crippen molar-refractivity contribution in [3.8, 4) is 0 Å². The second-order valence-corrected chi connectivity index (χ2v) is 48.9. The van der Waals surface area contributed by atoms with Crippen LogP contribution >= 0.6 is 18.5 Å². The molecule has 12 heterocycles. The number of rotatable bonds is 5. The van der Waals surface area contributed by atoms with Gasteiger partial charge in [-0.3, -0.25) is 0 Å². The quantitative estimate of drug-likeness (QED) is 0.306. The van der Waals surface area contributed by atoms with Gasteiger partial charge in [-0.15, -0.1) is 0 Å². The zero-order valence-electron chi connectivity index (χ0n) is 21.6. The van der Waals surface area contributed by atoms with Crippen molar-refractivity contribution in [2.45, 2.75) is 104 Å². The molecule has 6 heteroatoms. The molecule has 186 valence electrons. The third-order valence-corrected chi connectivity index (χ3v) is 78.7. The van der Waals surface area contributed by atoms with Crippen molar-refractivity contribution in [1.82, 2.24) is 10.6 Å². The average molecular weight is 545 g/mol. The van der Waals surface area contributed by atoms with Gasteiger partial charge in [-0.2, -0.15) is 0 Å². The summed E-state index contributed by atoms with van der Waals surface area (Å²) in [5.41, 5.74) is 0.527. The van der Waals surface area contributed by atoms with Gasteiger partial charge in [0.2, 0.25) is 0 Å². The Kier molecular flexibility index (Phi) is 1.36. The van der Waals surface area contributed by atoms with Crippen LogP contribution in [-0.2, 0) is 6.51 Å². The van der Waals surface area contributed by atoms with Crippen LogP contribution in [0.1, 0.15) is 33.6 Å². The normalized spacial score (nSPS) is 86.4. The van der Waals surface area contributed by atoms with Gasteiger partial charge >= 0.3 is 197 Å². The van der Waals surface area contributed by atoms with E-state index in [0.717, 1.165) is 28.7 Å². The Morgan fingerprint density at radius 2 is 1.36 bits per heavy atom. The molecular weight excluding hydrogens is 498 g/mol. The second kappa shape index (κ2) is 2.40.